The van der Waals surface area contributed by atoms with Gasteiger partial charge in [-0.15, -0.1) is 11.3 Å². The zero-order valence-electron chi connectivity index (χ0n) is 17.1. The molecule has 0 saturated heterocycles. The molecule has 1 aromatic heterocycles. The second kappa shape index (κ2) is 10.5. The van der Waals surface area contributed by atoms with E-state index in [0.717, 1.165) is 35.1 Å². The van der Waals surface area contributed by atoms with Crippen molar-refractivity contribution in [3.63, 3.8) is 0 Å². The number of amides is 3. The summed E-state index contributed by atoms with van der Waals surface area (Å²) in [4.78, 5) is 24.3. The maximum Gasteiger partial charge on any atom is 0.416 e. The van der Waals surface area contributed by atoms with Gasteiger partial charge >= 0.3 is 18.4 Å². The lowest BCUT2D eigenvalue weighted by Gasteiger charge is -2.22. The first-order valence-electron chi connectivity index (χ1n) is 9.15. The molecular weight excluding hydrogens is 474 g/mol. The van der Waals surface area contributed by atoms with Crippen LogP contribution >= 0.6 is 11.3 Å². The average molecular weight is 492 g/mol. The number of rotatable bonds is 6. The lowest BCUT2D eigenvalue weighted by Crippen LogP contribution is -2.37. The Balaban J connectivity index is 2.16. The summed E-state index contributed by atoms with van der Waals surface area (Å²) in [5.41, 5.74) is 0.936. The van der Waals surface area contributed by atoms with Gasteiger partial charge in [-0.05, 0) is 42.3 Å². The molecule has 0 radical (unpaired) electrons. The molecule has 0 aliphatic heterocycles. The molecule has 0 aliphatic carbocycles. The van der Waals surface area contributed by atoms with Gasteiger partial charge in [0.25, 0.3) is 0 Å². The van der Waals surface area contributed by atoms with Crippen molar-refractivity contribution in [2.24, 2.45) is 5.10 Å². The van der Waals surface area contributed by atoms with Crippen LogP contribution in [0, 0.1) is 6.92 Å². The van der Waals surface area contributed by atoms with Gasteiger partial charge < -0.3 is 10.6 Å². The van der Waals surface area contributed by atoms with Crippen molar-refractivity contribution in [1.82, 2.24) is 16.1 Å². The van der Waals surface area contributed by atoms with E-state index in [2.05, 4.69) is 15.8 Å². The molecule has 178 valence electrons. The van der Waals surface area contributed by atoms with Gasteiger partial charge in [0.15, 0.2) is 6.04 Å². The molecule has 13 heteroatoms. The van der Waals surface area contributed by atoms with Crippen molar-refractivity contribution in [2.45, 2.75) is 25.3 Å². The van der Waals surface area contributed by atoms with Crippen LogP contribution in [0.25, 0.3) is 6.08 Å². The van der Waals surface area contributed by atoms with E-state index in [0.29, 0.717) is 21.9 Å². The Labute approximate surface area is 188 Å². The number of thiophene rings is 1. The van der Waals surface area contributed by atoms with Crippen molar-refractivity contribution in [3.8, 4) is 0 Å². The van der Waals surface area contributed by atoms with Crippen LogP contribution in [0.5, 0.6) is 0 Å². The Bertz CT molecular complexity index is 1060. The number of nitrogens with zero attached hydrogens (tertiary/aromatic N) is 1. The molecule has 33 heavy (non-hydrogen) atoms. The summed E-state index contributed by atoms with van der Waals surface area (Å²) >= 11 is 1.15. The lowest BCUT2D eigenvalue weighted by atomic mass is 10.0. The zero-order chi connectivity index (χ0) is 24.8. The smallest absolute Gasteiger partial charge is 0.340 e. The Morgan fingerprint density at radius 2 is 1.82 bits per heavy atom. The Kier molecular flexibility index (Phi) is 8.25. The van der Waals surface area contributed by atoms with Gasteiger partial charge in [-0.2, -0.15) is 31.4 Å². The second-order valence-electron chi connectivity index (χ2n) is 6.58. The fraction of sp³-hybridized carbons (Fsp3) is 0.250. The molecular formula is C20H18F6N4O2S. The zero-order valence-corrected chi connectivity index (χ0v) is 18.0. The molecule has 0 aliphatic rings. The van der Waals surface area contributed by atoms with E-state index in [1.165, 1.54) is 19.3 Å². The minimum atomic E-state index is -5.02. The predicted molar refractivity (Wildman–Crippen MR) is 112 cm³/mol. The molecule has 0 fully saturated rings. The normalized spacial score (nSPS) is 13.3. The fourth-order valence-corrected chi connectivity index (χ4v) is 3.49. The van der Waals surface area contributed by atoms with Gasteiger partial charge in [-0.25, -0.2) is 10.2 Å². The largest absolute Gasteiger partial charge is 0.416 e. The number of nitrogens with one attached hydrogen (secondary N) is 3. The number of urea groups is 1. The third-order valence-electron chi connectivity index (χ3n) is 4.11. The number of hydrazone groups is 1. The number of carbonyl (C=O) groups is 2. The summed E-state index contributed by atoms with van der Waals surface area (Å²) in [6.45, 7) is 1.72. The van der Waals surface area contributed by atoms with Crippen LogP contribution in [0.1, 0.15) is 32.5 Å². The Hall–Kier alpha value is -3.35. The lowest BCUT2D eigenvalue weighted by molar-refractivity contribution is -0.162. The number of carbonyl (C=O) groups excluding carboxylic acids is 2. The summed E-state index contributed by atoms with van der Waals surface area (Å²) in [6, 6.07) is 1.18. The maximum absolute atomic E-state index is 13.4. The molecule has 1 aromatic carbocycles. The maximum atomic E-state index is 13.4. The summed E-state index contributed by atoms with van der Waals surface area (Å²) in [7, 11) is 1.41. The van der Waals surface area contributed by atoms with Crippen LogP contribution in [0.15, 0.2) is 41.5 Å². The van der Waals surface area contributed by atoms with Crippen molar-refractivity contribution in [1.29, 1.82) is 0 Å². The summed E-state index contributed by atoms with van der Waals surface area (Å²) in [5.74, 6) is -1.14. The van der Waals surface area contributed by atoms with Crippen molar-refractivity contribution in [2.75, 3.05) is 7.05 Å². The summed E-state index contributed by atoms with van der Waals surface area (Å²) in [6.07, 6.45) is -6.38. The number of halogens is 6. The SMILES string of the molecule is CNC(=O)NN=Cc1sc(C=CC(=O)NC(c2cccc(C(F)(F)F)c2)C(F)(F)F)cc1C. The van der Waals surface area contributed by atoms with Gasteiger partial charge in [-0.1, -0.05) is 12.1 Å². The Morgan fingerprint density at radius 3 is 2.42 bits per heavy atom. The van der Waals surface area contributed by atoms with Gasteiger partial charge in [0.05, 0.1) is 16.7 Å². The van der Waals surface area contributed by atoms with E-state index in [9.17, 15) is 35.9 Å². The van der Waals surface area contributed by atoms with Crippen LogP contribution in [-0.2, 0) is 11.0 Å². The molecule has 0 spiro atoms. The first-order chi connectivity index (χ1) is 15.3. The van der Waals surface area contributed by atoms with E-state index in [4.69, 9.17) is 0 Å². The molecule has 1 unspecified atom stereocenters. The number of hydrogen-bond donors (Lipinski definition) is 3. The molecule has 1 heterocycles. The van der Waals surface area contributed by atoms with Crippen molar-refractivity contribution >= 4 is 35.6 Å². The summed E-state index contributed by atoms with van der Waals surface area (Å²) < 4.78 is 78.9. The molecule has 0 bridgehead atoms. The second-order valence-corrected chi connectivity index (χ2v) is 7.70. The highest BCUT2D eigenvalue weighted by atomic mass is 32.1. The highest BCUT2D eigenvalue weighted by Crippen LogP contribution is 2.36. The van der Waals surface area contributed by atoms with Gasteiger partial charge in [-0.3, -0.25) is 4.79 Å². The van der Waals surface area contributed by atoms with Crippen LogP contribution in [0.3, 0.4) is 0 Å². The number of aryl methyl sites for hydroxylation is 1. The average Bonchev–Trinajstić information content (AvgIpc) is 3.08. The van der Waals surface area contributed by atoms with Gasteiger partial charge in [0, 0.05) is 18.0 Å². The highest BCUT2D eigenvalue weighted by molar-refractivity contribution is 7.14. The van der Waals surface area contributed by atoms with E-state index in [-0.39, 0.29) is 0 Å². The van der Waals surface area contributed by atoms with Crippen molar-refractivity contribution < 1.29 is 35.9 Å². The molecule has 1 atom stereocenters. The predicted octanol–water partition coefficient (Wildman–Crippen LogP) is 4.77. The van der Waals surface area contributed by atoms with E-state index in [1.807, 2.05) is 0 Å². The van der Waals surface area contributed by atoms with Crippen LogP contribution < -0.4 is 16.1 Å². The number of hydrogen-bond acceptors (Lipinski definition) is 4. The minimum Gasteiger partial charge on any atom is -0.340 e. The quantitative estimate of drug-likeness (QED) is 0.235. The summed E-state index contributed by atoms with van der Waals surface area (Å²) in [5, 5.41) is 7.72. The minimum absolute atomic E-state index is 0.350. The van der Waals surface area contributed by atoms with Gasteiger partial charge in [0.1, 0.15) is 0 Å². The van der Waals surface area contributed by atoms with Crippen LogP contribution in [0.4, 0.5) is 31.1 Å². The van der Waals surface area contributed by atoms with E-state index in [1.54, 1.807) is 18.3 Å². The first kappa shape index (κ1) is 25.9. The van der Waals surface area contributed by atoms with E-state index >= 15 is 0 Å². The number of benzene rings is 1. The third kappa shape index (κ3) is 7.63. The Morgan fingerprint density at radius 1 is 1.12 bits per heavy atom. The molecule has 2 aromatic rings. The molecule has 2 rings (SSSR count). The molecule has 0 saturated carbocycles. The topological polar surface area (TPSA) is 82.6 Å². The third-order valence-corrected chi connectivity index (χ3v) is 5.25. The fourth-order valence-electron chi connectivity index (χ4n) is 2.53. The van der Waals surface area contributed by atoms with E-state index < -0.39 is 41.5 Å². The first-order valence-corrected chi connectivity index (χ1v) is 9.96. The molecule has 3 amide bonds. The van der Waals surface area contributed by atoms with Crippen LogP contribution in [0.2, 0.25) is 0 Å². The molecule has 3 N–H and O–H groups in total. The number of alkyl halides is 6. The van der Waals surface area contributed by atoms with Crippen molar-refractivity contribution in [3.05, 3.63) is 62.9 Å². The highest BCUT2D eigenvalue weighted by Gasteiger charge is 2.42. The molecule has 6 nitrogen and oxygen atoms in total. The standard InChI is InChI=1S/C20H18F6N4O2S/c1-11-8-14(33-15(11)10-28-30-18(32)27-2)6-7-16(31)29-17(20(24,25)26)12-4-3-5-13(9-12)19(21,22)23/h3-10,17H,1-2H3,(H,29,31)(H2,27,30,32). The van der Waals surface area contributed by atoms with Crippen LogP contribution in [-0.4, -0.2) is 31.4 Å². The van der Waals surface area contributed by atoms with Gasteiger partial charge in [0.2, 0.25) is 5.91 Å². The monoisotopic (exact) mass is 492 g/mol.